The lowest BCUT2D eigenvalue weighted by atomic mass is 9.96. The first-order valence-electron chi connectivity index (χ1n) is 9.13. The third-order valence-corrected chi connectivity index (χ3v) is 4.94. The molecule has 1 aromatic heterocycles. The first-order valence-corrected chi connectivity index (χ1v) is 9.13. The number of nitrogens with zero attached hydrogens (tertiary/aromatic N) is 2. The quantitative estimate of drug-likeness (QED) is 0.663. The maximum atomic E-state index is 12.7. The molecule has 2 heterocycles. The first-order chi connectivity index (χ1) is 12.8. The van der Waals surface area contributed by atoms with Crippen molar-refractivity contribution < 1.29 is 9.53 Å². The fourth-order valence-electron chi connectivity index (χ4n) is 3.57. The molecule has 26 heavy (non-hydrogen) atoms. The molecule has 0 aliphatic carbocycles. The van der Waals surface area contributed by atoms with Crippen LogP contribution in [0.1, 0.15) is 36.4 Å². The molecule has 0 bridgehead atoms. The molecule has 4 rings (SSSR count). The molecule has 1 aliphatic rings. The molecule has 3 aromatic rings. The monoisotopic (exact) mass is 346 g/mol. The Morgan fingerprint density at radius 1 is 1.08 bits per heavy atom. The van der Waals surface area contributed by atoms with Crippen LogP contribution in [0, 0.1) is 0 Å². The molecular weight excluding hydrogens is 324 g/mol. The summed E-state index contributed by atoms with van der Waals surface area (Å²) in [6.07, 6.45) is 4.72. The number of carbonyl (C=O) groups excluding carboxylic acids is 1. The normalized spacial score (nSPS) is 17.2. The molecule has 4 nitrogen and oxygen atoms in total. The summed E-state index contributed by atoms with van der Waals surface area (Å²) in [6, 6.07) is 20.0. The highest BCUT2D eigenvalue weighted by atomic mass is 16.6. The summed E-state index contributed by atoms with van der Waals surface area (Å²) < 4.78 is 5.57. The molecule has 1 aliphatic heterocycles. The Morgan fingerprint density at radius 2 is 1.88 bits per heavy atom. The molecule has 0 N–H and O–H groups in total. The third-order valence-electron chi connectivity index (χ3n) is 4.94. The third kappa shape index (κ3) is 3.54. The van der Waals surface area contributed by atoms with Gasteiger partial charge in [-0.25, -0.2) is 4.79 Å². The van der Waals surface area contributed by atoms with Gasteiger partial charge in [0, 0.05) is 18.1 Å². The maximum Gasteiger partial charge on any atom is 0.410 e. The van der Waals surface area contributed by atoms with Gasteiger partial charge in [-0.3, -0.25) is 4.98 Å². The van der Waals surface area contributed by atoms with Crippen molar-refractivity contribution in [1.82, 2.24) is 9.88 Å². The number of ether oxygens (including phenoxy) is 1. The number of hydrogen-bond donors (Lipinski definition) is 0. The van der Waals surface area contributed by atoms with E-state index in [1.807, 2.05) is 59.6 Å². The molecule has 1 fully saturated rings. The zero-order chi connectivity index (χ0) is 17.8. The number of rotatable bonds is 3. The maximum absolute atomic E-state index is 12.7. The largest absolute Gasteiger partial charge is 0.445 e. The highest BCUT2D eigenvalue weighted by molar-refractivity contribution is 5.79. The fourth-order valence-corrected chi connectivity index (χ4v) is 3.57. The van der Waals surface area contributed by atoms with Crippen molar-refractivity contribution >= 4 is 17.0 Å². The van der Waals surface area contributed by atoms with Crippen LogP contribution in [-0.4, -0.2) is 22.5 Å². The lowest BCUT2D eigenvalue weighted by Crippen LogP contribution is -2.38. The van der Waals surface area contributed by atoms with Crippen LogP contribution in [0.25, 0.3) is 10.9 Å². The number of fused-ring (bicyclic) bond motifs is 1. The van der Waals surface area contributed by atoms with Crippen LogP contribution >= 0.6 is 0 Å². The van der Waals surface area contributed by atoms with Crippen molar-refractivity contribution in [3.8, 4) is 0 Å². The Hall–Kier alpha value is -2.88. The second kappa shape index (κ2) is 7.56. The molecule has 2 aromatic carbocycles. The lowest BCUT2D eigenvalue weighted by Gasteiger charge is -2.35. The summed E-state index contributed by atoms with van der Waals surface area (Å²) in [5.74, 6) is 0. The summed E-state index contributed by atoms with van der Waals surface area (Å²) in [5, 5.41) is 1.10. The van der Waals surface area contributed by atoms with E-state index in [4.69, 9.17) is 4.74 Å². The highest BCUT2D eigenvalue weighted by Gasteiger charge is 2.29. The molecule has 1 atom stereocenters. The van der Waals surface area contributed by atoms with Gasteiger partial charge in [0.15, 0.2) is 0 Å². The van der Waals surface area contributed by atoms with Gasteiger partial charge >= 0.3 is 6.09 Å². The van der Waals surface area contributed by atoms with Gasteiger partial charge < -0.3 is 9.64 Å². The SMILES string of the molecule is O=C(OCc1ccccc1)N1CCCCC1c1cnc2ccccc2c1. The van der Waals surface area contributed by atoms with Crippen LogP contribution in [0.3, 0.4) is 0 Å². The number of hydrogen-bond acceptors (Lipinski definition) is 3. The van der Waals surface area contributed by atoms with Crippen LogP contribution in [-0.2, 0) is 11.3 Å². The van der Waals surface area contributed by atoms with Gasteiger partial charge in [-0.1, -0.05) is 48.5 Å². The molecule has 0 saturated carbocycles. The van der Waals surface area contributed by atoms with Crippen molar-refractivity contribution in [2.45, 2.75) is 31.9 Å². The van der Waals surface area contributed by atoms with Crippen molar-refractivity contribution in [3.05, 3.63) is 78.0 Å². The molecule has 1 unspecified atom stereocenters. The summed E-state index contributed by atoms with van der Waals surface area (Å²) in [5.41, 5.74) is 3.06. The van der Waals surface area contributed by atoms with Gasteiger partial charge in [0.25, 0.3) is 0 Å². The molecule has 4 heteroatoms. The number of piperidine rings is 1. The van der Waals surface area contributed by atoms with E-state index in [9.17, 15) is 4.79 Å². The number of pyridine rings is 1. The molecule has 0 radical (unpaired) electrons. The number of likely N-dealkylation sites (tertiary alicyclic amines) is 1. The average Bonchev–Trinajstić information content (AvgIpc) is 2.72. The van der Waals surface area contributed by atoms with E-state index < -0.39 is 0 Å². The second-order valence-corrected chi connectivity index (χ2v) is 6.71. The topological polar surface area (TPSA) is 42.4 Å². The summed E-state index contributed by atoms with van der Waals surface area (Å²) in [7, 11) is 0. The van der Waals surface area contributed by atoms with Gasteiger partial charge in [0.05, 0.1) is 11.6 Å². The van der Waals surface area contributed by atoms with Crippen molar-refractivity contribution in [1.29, 1.82) is 0 Å². The van der Waals surface area contributed by atoms with E-state index in [1.54, 1.807) is 0 Å². The van der Waals surface area contributed by atoms with Gasteiger partial charge in [-0.2, -0.15) is 0 Å². The lowest BCUT2D eigenvalue weighted by molar-refractivity contribution is 0.0678. The van der Waals surface area contributed by atoms with E-state index in [-0.39, 0.29) is 12.1 Å². The Labute approximate surface area is 153 Å². The summed E-state index contributed by atoms with van der Waals surface area (Å²) >= 11 is 0. The van der Waals surface area contributed by atoms with Crippen LogP contribution in [0.15, 0.2) is 66.9 Å². The predicted octanol–water partition coefficient (Wildman–Crippen LogP) is 5.10. The van der Waals surface area contributed by atoms with Crippen molar-refractivity contribution in [2.24, 2.45) is 0 Å². The first kappa shape index (κ1) is 16.6. The zero-order valence-electron chi connectivity index (χ0n) is 14.7. The molecule has 0 spiro atoms. The highest BCUT2D eigenvalue weighted by Crippen LogP contribution is 2.32. The van der Waals surface area contributed by atoms with Crippen LogP contribution < -0.4 is 0 Å². The van der Waals surface area contributed by atoms with E-state index in [0.717, 1.165) is 47.8 Å². The minimum atomic E-state index is -0.244. The van der Waals surface area contributed by atoms with Crippen molar-refractivity contribution in [3.63, 3.8) is 0 Å². The number of amides is 1. The number of aromatic nitrogens is 1. The molecular formula is C22H22N2O2. The minimum absolute atomic E-state index is 0.0316. The Morgan fingerprint density at radius 3 is 2.77 bits per heavy atom. The van der Waals surface area contributed by atoms with Gasteiger partial charge in [0.2, 0.25) is 0 Å². The standard InChI is InChI=1S/C22H22N2O2/c25-22(26-16-17-8-2-1-3-9-17)24-13-7-6-12-21(24)19-14-18-10-4-5-11-20(18)23-15-19/h1-5,8-11,14-15,21H,6-7,12-13,16H2. The average molecular weight is 346 g/mol. The smallest absolute Gasteiger partial charge is 0.410 e. The van der Waals surface area contributed by atoms with E-state index in [0.29, 0.717) is 6.61 Å². The Balaban J connectivity index is 1.52. The van der Waals surface area contributed by atoms with Crippen LogP contribution in [0.5, 0.6) is 0 Å². The number of carbonyl (C=O) groups is 1. The molecule has 132 valence electrons. The summed E-state index contributed by atoms with van der Waals surface area (Å²) in [4.78, 5) is 19.1. The summed E-state index contributed by atoms with van der Waals surface area (Å²) in [6.45, 7) is 1.03. The van der Waals surface area contributed by atoms with Gasteiger partial charge in [-0.15, -0.1) is 0 Å². The van der Waals surface area contributed by atoms with E-state index in [2.05, 4.69) is 17.1 Å². The van der Waals surface area contributed by atoms with Crippen molar-refractivity contribution in [2.75, 3.05) is 6.54 Å². The van der Waals surface area contributed by atoms with E-state index >= 15 is 0 Å². The minimum Gasteiger partial charge on any atom is -0.445 e. The Bertz CT molecular complexity index is 895. The predicted molar refractivity (Wildman–Crippen MR) is 102 cm³/mol. The fraction of sp³-hybridized carbons (Fsp3) is 0.273. The number of benzene rings is 2. The van der Waals surface area contributed by atoms with Gasteiger partial charge in [0.1, 0.15) is 6.61 Å². The van der Waals surface area contributed by atoms with Gasteiger partial charge in [-0.05, 0) is 42.5 Å². The van der Waals surface area contributed by atoms with Crippen LogP contribution in [0.2, 0.25) is 0 Å². The zero-order valence-corrected chi connectivity index (χ0v) is 14.7. The molecule has 1 amide bonds. The Kier molecular flexibility index (Phi) is 4.82. The number of para-hydroxylation sites is 1. The molecule has 1 saturated heterocycles. The second-order valence-electron chi connectivity index (χ2n) is 6.71. The van der Waals surface area contributed by atoms with Crippen LogP contribution in [0.4, 0.5) is 4.79 Å². The van der Waals surface area contributed by atoms with E-state index in [1.165, 1.54) is 0 Å².